The third-order valence-corrected chi connectivity index (χ3v) is 6.90. The summed E-state index contributed by atoms with van der Waals surface area (Å²) in [5, 5.41) is 5.45. The fourth-order valence-electron chi connectivity index (χ4n) is 3.92. The highest BCUT2D eigenvalue weighted by molar-refractivity contribution is 8.01. The number of benzene rings is 1. The van der Waals surface area contributed by atoms with Gasteiger partial charge in [-0.3, -0.25) is 14.4 Å². The number of hydrogen-bond acceptors (Lipinski definition) is 5. The first-order valence-electron chi connectivity index (χ1n) is 10.4. The molecule has 2 aliphatic heterocycles. The zero-order chi connectivity index (χ0) is 22.1. The first-order chi connectivity index (χ1) is 14.1. The molecule has 0 bridgehead atoms. The molecule has 0 radical (unpaired) electrons. The summed E-state index contributed by atoms with van der Waals surface area (Å²) in [5.74, 6) is -0.679. The monoisotopic (exact) mass is 433 g/mol. The number of nitrogens with zero attached hydrogens (tertiary/aromatic N) is 1. The second-order valence-electron chi connectivity index (χ2n) is 8.57. The largest absolute Gasteiger partial charge is 0.379 e. The van der Waals surface area contributed by atoms with Gasteiger partial charge in [0.25, 0.3) is 5.91 Å². The molecule has 2 heterocycles. The Morgan fingerprint density at radius 2 is 1.93 bits per heavy atom. The van der Waals surface area contributed by atoms with Crippen LogP contribution in [0.3, 0.4) is 0 Å². The molecule has 0 saturated carbocycles. The second kappa shape index (κ2) is 8.98. The molecule has 1 aromatic rings. The van der Waals surface area contributed by atoms with E-state index in [9.17, 15) is 14.4 Å². The molecule has 1 fully saturated rings. The number of carbonyl (C=O) groups excluding carboxylic acids is 3. The van der Waals surface area contributed by atoms with E-state index in [1.807, 2.05) is 45.9 Å². The van der Waals surface area contributed by atoms with Gasteiger partial charge >= 0.3 is 0 Å². The van der Waals surface area contributed by atoms with E-state index in [4.69, 9.17) is 4.74 Å². The fraction of sp³-hybridized carbons (Fsp3) is 0.591. The molecule has 1 saturated heterocycles. The summed E-state index contributed by atoms with van der Waals surface area (Å²) < 4.78 is 4.99. The highest BCUT2D eigenvalue weighted by Crippen LogP contribution is 2.56. The van der Waals surface area contributed by atoms with Crippen LogP contribution < -0.4 is 10.6 Å². The third-order valence-electron chi connectivity index (χ3n) is 5.37. The summed E-state index contributed by atoms with van der Waals surface area (Å²) in [6, 6.07) is 6.15. The summed E-state index contributed by atoms with van der Waals surface area (Å²) in [6.07, 6.45) is 0.869. The predicted molar refractivity (Wildman–Crippen MR) is 117 cm³/mol. The second-order valence-corrected chi connectivity index (χ2v) is 10.3. The van der Waals surface area contributed by atoms with Crippen LogP contribution in [0.2, 0.25) is 0 Å². The van der Waals surface area contributed by atoms with Gasteiger partial charge < -0.3 is 20.3 Å². The number of hydrogen-bond donors (Lipinski definition) is 2. The van der Waals surface area contributed by atoms with Crippen LogP contribution in [0, 0.1) is 0 Å². The van der Waals surface area contributed by atoms with E-state index in [1.54, 1.807) is 29.7 Å². The maximum absolute atomic E-state index is 13.1. The lowest BCUT2D eigenvalue weighted by atomic mass is 10.0. The quantitative estimate of drug-likeness (QED) is 0.615. The van der Waals surface area contributed by atoms with Crippen LogP contribution in [0.25, 0.3) is 0 Å². The molecule has 0 spiro atoms. The summed E-state index contributed by atoms with van der Waals surface area (Å²) in [7, 11) is 0. The lowest BCUT2D eigenvalue weighted by Gasteiger charge is -2.30. The van der Waals surface area contributed by atoms with Crippen molar-refractivity contribution >= 4 is 29.5 Å². The fourth-order valence-corrected chi connectivity index (χ4v) is 5.51. The van der Waals surface area contributed by atoms with Crippen LogP contribution in [0.15, 0.2) is 24.3 Å². The van der Waals surface area contributed by atoms with Gasteiger partial charge in [0.1, 0.15) is 17.5 Å². The van der Waals surface area contributed by atoms with Gasteiger partial charge in [-0.15, -0.1) is 11.8 Å². The van der Waals surface area contributed by atoms with Crippen molar-refractivity contribution in [3.05, 3.63) is 35.4 Å². The predicted octanol–water partition coefficient (Wildman–Crippen LogP) is 2.47. The van der Waals surface area contributed by atoms with Crippen LogP contribution >= 0.6 is 11.8 Å². The molecule has 3 rings (SSSR count). The van der Waals surface area contributed by atoms with Crippen molar-refractivity contribution in [1.82, 2.24) is 15.5 Å². The lowest BCUT2D eigenvalue weighted by molar-refractivity contribution is -0.131. The Labute approximate surface area is 182 Å². The number of fused-ring (bicyclic) bond motifs is 3. The van der Waals surface area contributed by atoms with Crippen molar-refractivity contribution in [3.8, 4) is 0 Å². The Morgan fingerprint density at radius 3 is 2.63 bits per heavy atom. The summed E-state index contributed by atoms with van der Waals surface area (Å²) >= 11 is 1.61. The molecule has 0 aliphatic carbocycles. The minimum atomic E-state index is -0.691. The highest BCUT2D eigenvalue weighted by atomic mass is 32.2. The van der Waals surface area contributed by atoms with Gasteiger partial charge in [0, 0.05) is 23.5 Å². The molecule has 0 aromatic heterocycles. The van der Waals surface area contributed by atoms with Gasteiger partial charge in [0.05, 0.1) is 6.10 Å². The molecule has 30 heavy (non-hydrogen) atoms. The molecule has 2 aliphatic rings. The minimum absolute atomic E-state index is 0.129. The van der Waals surface area contributed by atoms with Crippen LogP contribution in [0.1, 0.15) is 62.3 Å². The van der Waals surface area contributed by atoms with E-state index in [0.29, 0.717) is 25.1 Å². The summed E-state index contributed by atoms with van der Waals surface area (Å²) in [4.78, 5) is 40.2. The smallest absolute Gasteiger partial charge is 0.256 e. The van der Waals surface area contributed by atoms with Gasteiger partial charge in [-0.25, -0.2) is 0 Å². The van der Waals surface area contributed by atoms with Crippen molar-refractivity contribution < 1.29 is 19.1 Å². The average Bonchev–Trinajstić information content (AvgIpc) is 3.10. The zero-order valence-electron chi connectivity index (χ0n) is 18.2. The Hall–Kier alpha value is -2.06. The van der Waals surface area contributed by atoms with Crippen molar-refractivity contribution in [2.24, 2.45) is 0 Å². The van der Waals surface area contributed by atoms with Gasteiger partial charge in [0.15, 0.2) is 0 Å². The minimum Gasteiger partial charge on any atom is -0.379 e. The third kappa shape index (κ3) is 4.49. The number of rotatable bonds is 8. The van der Waals surface area contributed by atoms with Crippen LogP contribution in [-0.2, 0) is 14.3 Å². The number of thioether (sulfide) groups is 1. The first kappa shape index (κ1) is 22.6. The highest BCUT2D eigenvalue weighted by Gasteiger charge is 2.57. The van der Waals surface area contributed by atoms with Crippen molar-refractivity contribution in [3.63, 3.8) is 0 Å². The standard InChI is InChI=1S/C22H31N3O4S/c1-13(2)29-12-8-11-23-18(26)14(3)24-19(27)17-22(4,5)30-21-16-10-7-6-9-15(16)20(28)25(17)21/h6-7,9-10,13-14,17,21H,8,11-12H2,1-5H3,(H,23,26)(H,24,27)/t14-,17+,21?/m0/s1. The van der Waals surface area contributed by atoms with Gasteiger partial charge in [-0.2, -0.15) is 0 Å². The van der Waals surface area contributed by atoms with Crippen LogP contribution in [0.4, 0.5) is 0 Å². The van der Waals surface area contributed by atoms with Gasteiger partial charge in [-0.05, 0) is 52.7 Å². The van der Waals surface area contributed by atoms with E-state index >= 15 is 0 Å². The Balaban J connectivity index is 1.61. The SMILES string of the molecule is CC(C)OCCCNC(=O)[C@H](C)NC(=O)[C@H]1N2C(=O)c3ccccc3C2SC1(C)C. The van der Waals surface area contributed by atoms with E-state index in [0.717, 1.165) is 5.56 Å². The number of nitrogens with one attached hydrogen (secondary N) is 2. The van der Waals surface area contributed by atoms with Gasteiger partial charge in [-0.1, -0.05) is 18.2 Å². The molecular weight excluding hydrogens is 402 g/mol. The maximum atomic E-state index is 13.1. The molecule has 2 N–H and O–H groups in total. The van der Waals surface area contributed by atoms with Crippen molar-refractivity contribution in [1.29, 1.82) is 0 Å². The zero-order valence-corrected chi connectivity index (χ0v) is 19.0. The first-order valence-corrected chi connectivity index (χ1v) is 11.3. The summed E-state index contributed by atoms with van der Waals surface area (Å²) in [5.41, 5.74) is 1.60. The lowest BCUT2D eigenvalue weighted by Crippen LogP contribution is -2.56. The molecule has 7 nitrogen and oxygen atoms in total. The van der Waals surface area contributed by atoms with E-state index < -0.39 is 16.8 Å². The molecular formula is C22H31N3O4S. The van der Waals surface area contributed by atoms with Crippen LogP contribution in [-0.4, -0.2) is 58.7 Å². The molecule has 3 amide bonds. The topological polar surface area (TPSA) is 87.7 Å². The molecule has 3 atom stereocenters. The van der Waals surface area contributed by atoms with E-state index in [1.165, 1.54) is 0 Å². The van der Waals surface area contributed by atoms with Crippen molar-refractivity contribution in [2.45, 2.75) is 69.3 Å². The normalized spacial score (nSPS) is 22.6. The molecule has 1 aromatic carbocycles. The van der Waals surface area contributed by atoms with Gasteiger partial charge in [0.2, 0.25) is 11.8 Å². The number of carbonyl (C=O) groups is 3. The van der Waals surface area contributed by atoms with E-state index in [2.05, 4.69) is 10.6 Å². The number of amides is 3. The Morgan fingerprint density at radius 1 is 1.23 bits per heavy atom. The Bertz CT molecular complexity index is 826. The number of ether oxygens (including phenoxy) is 1. The average molecular weight is 434 g/mol. The molecule has 164 valence electrons. The maximum Gasteiger partial charge on any atom is 0.256 e. The van der Waals surface area contributed by atoms with E-state index in [-0.39, 0.29) is 29.2 Å². The van der Waals surface area contributed by atoms with Crippen LogP contribution in [0.5, 0.6) is 0 Å². The summed E-state index contributed by atoms with van der Waals surface area (Å²) in [6.45, 7) is 10.6. The Kier molecular flexibility index (Phi) is 6.77. The molecule has 1 unspecified atom stereocenters. The molecule has 8 heteroatoms. The van der Waals surface area contributed by atoms with Crippen molar-refractivity contribution in [2.75, 3.05) is 13.2 Å².